The summed E-state index contributed by atoms with van der Waals surface area (Å²) in [5, 5.41) is 6.05. The van der Waals surface area contributed by atoms with Crippen molar-refractivity contribution in [2.45, 2.75) is 51.4 Å². The fraction of sp³-hybridized carbons (Fsp3) is 0.692. The maximum absolute atomic E-state index is 12.9. The zero-order valence-corrected chi connectivity index (χ0v) is 12.7. The van der Waals surface area contributed by atoms with E-state index >= 15 is 0 Å². The van der Waals surface area contributed by atoms with Gasteiger partial charge >= 0.3 is 6.18 Å². The minimum Gasteiger partial charge on any atom is -0.345 e. The van der Waals surface area contributed by atoms with Gasteiger partial charge < -0.3 is 14.7 Å². The molecule has 0 aliphatic carbocycles. The van der Waals surface area contributed by atoms with Crippen LogP contribution in [0.2, 0.25) is 0 Å². The van der Waals surface area contributed by atoms with Gasteiger partial charge in [0, 0.05) is 25.9 Å². The lowest BCUT2D eigenvalue weighted by molar-refractivity contribution is -0.196. The Morgan fingerprint density at radius 1 is 1.39 bits per heavy atom. The van der Waals surface area contributed by atoms with E-state index in [1.54, 1.807) is 6.92 Å². The highest BCUT2D eigenvalue weighted by atomic mass is 19.4. The smallest absolute Gasteiger partial charge is 0.345 e. The number of carbonyl (C=O) groups is 2. The molecular weight excluding hydrogens is 317 g/mol. The molecule has 1 saturated heterocycles. The number of rotatable bonds is 3. The number of nitrogens with zero attached hydrogens (tertiary/aromatic N) is 3. The molecular formula is C13H17F3N4O3. The summed E-state index contributed by atoms with van der Waals surface area (Å²) in [6, 6.07) is -2.40. The lowest BCUT2D eigenvalue weighted by Gasteiger charge is -2.39. The Kier molecular flexibility index (Phi) is 4.90. The predicted octanol–water partition coefficient (Wildman–Crippen LogP) is 1.30. The molecule has 2 atom stereocenters. The van der Waals surface area contributed by atoms with Gasteiger partial charge in [0.05, 0.1) is 0 Å². The molecule has 0 spiro atoms. The summed E-state index contributed by atoms with van der Waals surface area (Å²) in [5.74, 6) is -1.19. The highest BCUT2D eigenvalue weighted by Gasteiger charge is 2.47. The number of aromatic nitrogens is 2. The first-order valence-corrected chi connectivity index (χ1v) is 7.19. The molecule has 1 N–H and O–H groups in total. The largest absolute Gasteiger partial charge is 0.408 e. The molecule has 0 radical (unpaired) electrons. The van der Waals surface area contributed by atoms with Crippen molar-refractivity contribution in [3.8, 4) is 0 Å². The summed E-state index contributed by atoms with van der Waals surface area (Å²) >= 11 is 0. The van der Waals surface area contributed by atoms with Crippen molar-refractivity contribution in [2.24, 2.45) is 0 Å². The number of nitrogens with one attached hydrogen (secondary N) is 1. The Labute approximate surface area is 130 Å². The minimum atomic E-state index is -4.48. The Bertz CT molecular complexity index is 587. The van der Waals surface area contributed by atoms with E-state index in [9.17, 15) is 22.8 Å². The average molecular weight is 334 g/mol. The van der Waals surface area contributed by atoms with Crippen LogP contribution in [0.3, 0.4) is 0 Å². The zero-order valence-electron chi connectivity index (χ0n) is 12.7. The van der Waals surface area contributed by atoms with Crippen molar-refractivity contribution >= 4 is 11.8 Å². The highest BCUT2D eigenvalue weighted by molar-refractivity contribution is 5.90. The number of piperidine rings is 1. The maximum atomic E-state index is 12.9. The van der Waals surface area contributed by atoms with E-state index in [0.29, 0.717) is 12.3 Å². The molecule has 2 amide bonds. The quantitative estimate of drug-likeness (QED) is 0.900. The molecule has 1 aliphatic heterocycles. The van der Waals surface area contributed by atoms with Crippen LogP contribution in [0, 0.1) is 0 Å². The monoisotopic (exact) mass is 334 g/mol. The maximum Gasteiger partial charge on any atom is 0.408 e. The third-order valence-corrected chi connectivity index (χ3v) is 3.67. The van der Waals surface area contributed by atoms with Crippen LogP contribution >= 0.6 is 0 Å². The Morgan fingerprint density at radius 2 is 2.09 bits per heavy atom. The normalized spacial score (nSPS) is 22.0. The second-order valence-corrected chi connectivity index (χ2v) is 5.34. The van der Waals surface area contributed by atoms with E-state index in [1.165, 1.54) is 0 Å². The first-order valence-electron chi connectivity index (χ1n) is 7.19. The molecule has 2 unspecified atom stereocenters. The van der Waals surface area contributed by atoms with Crippen molar-refractivity contribution in [1.29, 1.82) is 0 Å². The molecule has 1 fully saturated rings. The number of halogens is 3. The van der Waals surface area contributed by atoms with Crippen molar-refractivity contribution in [3.63, 3.8) is 0 Å². The van der Waals surface area contributed by atoms with E-state index < -0.39 is 30.1 Å². The van der Waals surface area contributed by atoms with Gasteiger partial charge in [0.1, 0.15) is 6.04 Å². The Morgan fingerprint density at radius 3 is 2.61 bits per heavy atom. The summed E-state index contributed by atoms with van der Waals surface area (Å²) in [6.45, 7) is 2.65. The molecule has 0 aromatic carbocycles. The van der Waals surface area contributed by atoms with Gasteiger partial charge in [0.25, 0.3) is 11.7 Å². The third-order valence-electron chi connectivity index (χ3n) is 3.67. The van der Waals surface area contributed by atoms with Gasteiger partial charge in [-0.25, -0.2) is 0 Å². The number of hydrogen-bond acceptors (Lipinski definition) is 5. The van der Waals surface area contributed by atoms with Gasteiger partial charge in [-0.05, 0) is 12.8 Å². The fourth-order valence-corrected chi connectivity index (χ4v) is 2.52. The molecule has 10 heteroatoms. The Hall–Kier alpha value is -2.13. The van der Waals surface area contributed by atoms with Crippen LogP contribution in [0.4, 0.5) is 13.2 Å². The summed E-state index contributed by atoms with van der Waals surface area (Å²) in [6.07, 6.45) is -4.17. The van der Waals surface area contributed by atoms with Crippen LogP contribution in [-0.4, -0.2) is 51.7 Å². The van der Waals surface area contributed by atoms with Crippen molar-refractivity contribution < 1.29 is 27.3 Å². The van der Waals surface area contributed by atoms with Gasteiger partial charge in [-0.15, -0.1) is 0 Å². The number of aryl methyl sites for hydroxylation is 1. The molecule has 7 nitrogen and oxygen atoms in total. The van der Waals surface area contributed by atoms with E-state index in [4.69, 9.17) is 4.52 Å². The molecule has 23 heavy (non-hydrogen) atoms. The molecule has 2 heterocycles. The number of likely N-dealkylation sites (tertiary alicyclic amines) is 1. The van der Waals surface area contributed by atoms with Crippen LogP contribution in [-0.2, 0) is 11.2 Å². The number of carbonyl (C=O) groups excluding carboxylic acids is 2. The van der Waals surface area contributed by atoms with E-state index in [2.05, 4.69) is 15.5 Å². The van der Waals surface area contributed by atoms with Crippen LogP contribution in [0.25, 0.3) is 0 Å². The molecule has 0 saturated carbocycles. The number of alkyl halides is 3. The van der Waals surface area contributed by atoms with E-state index in [1.807, 2.05) is 0 Å². The van der Waals surface area contributed by atoms with Crippen LogP contribution in [0.1, 0.15) is 43.2 Å². The van der Waals surface area contributed by atoms with Gasteiger partial charge in [-0.2, -0.15) is 18.2 Å². The number of hydrogen-bond donors (Lipinski definition) is 1. The molecule has 128 valence electrons. The predicted molar refractivity (Wildman–Crippen MR) is 71.4 cm³/mol. The van der Waals surface area contributed by atoms with Crippen LogP contribution in [0.15, 0.2) is 4.52 Å². The zero-order chi connectivity index (χ0) is 17.2. The molecule has 2 rings (SSSR count). The first kappa shape index (κ1) is 17.2. The van der Waals surface area contributed by atoms with Gasteiger partial charge in [0.2, 0.25) is 11.8 Å². The lowest BCUT2D eigenvalue weighted by Crippen LogP contribution is -2.57. The topological polar surface area (TPSA) is 88.3 Å². The standard InChI is InChI=1S/C13H17F3N4O3/c1-3-10-18-11(19-23-10)12(22)17-8-4-5-9(13(14,15)16)20(6-8)7(2)21/h8-9H,3-6H2,1-2H3,(H,17,22). The summed E-state index contributed by atoms with van der Waals surface area (Å²) in [5.41, 5.74) is 0. The van der Waals surface area contributed by atoms with Crippen molar-refractivity contribution in [1.82, 2.24) is 20.4 Å². The highest BCUT2D eigenvalue weighted by Crippen LogP contribution is 2.32. The molecule has 1 aliphatic rings. The number of amides is 2. The second kappa shape index (κ2) is 6.55. The second-order valence-electron chi connectivity index (χ2n) is 5.34. The van der Waals surface area contributed by atoms with Crippen LogP contribution in [0.5, 0.6) is 0 Å². The van der Waals surface area contributed by atoms with Crippen molar-refractivity contribution in [2.75, 3.05) is 6.54 Å². The lowest BCUT2D eigenvalue weighted by atomic mass is 9.97. The summed E-state index contributed by atoms with van der Waals surface area (Å²) < 4.78 is 43.6. The molecule has 1 aromatic rings. The van der Waals surface area contributed by atoms with Gasteiger partial charge in [-0.1, -0.05) is 12.1 Å². The van der Waals surface area contributed by atoms with E-state index in [-0.39, 0.29) is 25.2 Å². The molecule has 1 aromatic heterocycles. The Balaban J connectivity index is 2.02. The SMILES string of the molecule is CCc1nc(C(=O)NC2CCC(C(F)(F)F)N(C(C)=O)C2)no1. The fourth-order valence-electron chi connectivity index (χ4n) is 2.52. The summed E-state index contributed by atoms with van der Waals surface area (Å²) in [7, 11) is 0. The minimum absolute atomic E-state index is 0.109. The van der Waals surface area contributed by atoms with E-state index in [0.717, 1.165) is 11.8 Å². The van der Waals surface area contributed by atoms with Gasteiger partial charge in [-0.3, -0.25) is 9.59 Å². The molecule has 0 bridgehead atoms. The average Bonchev–Trinajstić information content (AvgIpc) is 2.95. The third kappa shape index (κ3) is 3.99. The van der Waals surface area contributed by atoms with Crippen molar-refractivity contribution in [3.05, 3.63) is 11.7 Å². The first-order chi connectivity index (χ1) is 10.7. The van der Waals surface area contributed by atoms with Gasteiger partial charge in [0.15, 0.2) is 0 Å². The summed E-state index contributed by atoms with van der Waals surface area (Å²) in [4.78, 5) is 28.0. The van der Waals surface area contributed by atoms with Crippen LogP contribution < -0.4 is 5.32 Å².